The van der Waals surface area contributed by atoms with Crippen LogP contribution in [0.25, 0.3) is 0 Å². The van der Waals surface area contributed by atoms with Crippen LogP contribution in [0.4, 0.5) is 0 Å². The van der Waals surface area contributed by atoms with Crippen molar-refractivity contribution in [3.8, 4) is 0 Å². The Bertz CT molecular complexity index is 166. The molecule has 0 radical (unpaired) electrons. The van der Waals surface area contributed by atoms with E-state index in [1.165, 1.54) is 51.4 Å². The summed E-state index contributed by atoms with van der Waals surface area (Å²) >= 11 is 0. The topological polar surface area (TPSA) is 35.2 Å². The van der Waals surface area contributed by atoms with E-state index in [0.29, 0.717) is 12.1 Å². The zero-order valence-electron chi connectivity index (χ0n) is 9.08. The van der Waals surface area contributed by atoms with Crippen molar-refractivity contribution in [2.75, 3.05) is 6.61 Å². The van der Waals surface area contributed by atoms with Crippen molar-refractivity contribution < 1.29 is 4.74 Å². The second kappa shape index (κ2) is 5.13. The number of hydrogen-bond donors (Lipinski definition) is 1. The third-order valence-corrected chi connectivity index (χ3v) is 3.74. The van der Waals surface area contributed by atoms with Gasteiger partial charge < -0.3 is 10.5 Å². The largest absolute Gasteiger partial charge is 0.378 e. The highest BCUT2D eigenvalue weighted by Crippen LogP contribution is 2.29. The molecule has 0 aromatic carbocycles. The summed E-state index contributed by atoms with van der Waals surface area (Å²) in [6.45, 7) is 0.999. The lowest BCUT2D eigenvalue weighted by molar-refractivity contribution is 0.101. The Labute approximate surface area is 87.2 Å². The Hall–Kier alpha value is -0.0800. The summed E-state index contributed by atoms with van der Waals surface area (Å²) in [5.41, 5.74) is 5.89. The Morgan fingerprint density at radius 2 is 2.07 bits per heavy atom. The van der Waals surface area contributed by atoms with E-state index in [0.717, 1.165) is 12.5 Å². The highest BCUT2D eigenvalue weighted by Gasteiger charge is 2.22. The first kappa shape index (κ1) is 10.4. The van der Waals surface area contributed by atoms with Gasteiger partial charge in [-0.15, -0.1) is 0 Å². The molecule has 2 heteroatoms. The molecule has 0 amide bonds. The molecule has 2 aliphatic rings. The van der Waals surface area contributed by atoms with Crippen molar-refractivity contribution >= 4 is 0 Å². The number of rotatable bonds is 4. The minimum absolute atomic E-state index is 0.503. The highest BCUT2D eigenvalue weighted by molar-refractivity contribution is 4.78. The first-order valence-electron chi connectivity index (χ1n) is 6.22. The summed E-state index contributed by atoms with van der Waals surface area (Å²) in [5, 5.41) is 0. The lowest BCUT2D eigenvalue weighted by atomic mass is 9.98. The maximum Gasteiger partial charge on any atom is 0.0576 e. The van der Waals surface area contributed by atoms with Crippen LogP contribution in [-0.2, 0) is 4.74 Å². The quantitative estimate of drug-likeness (QED) is 0.751. The van der Waals surface area contributed by atoms with Gasteiger partial charge in [0.15, 0.2) is 0 Å². The average molecular weight is 197 g/mol. The summed E-state index contributed by atoms with van der Waals surface area (Å²) in [6.07, 6.45) is 11.1. The van der Waals surface area contributed by atoms with Crippen LogP contribution in [0.1, 0.15) is 51.4 Å². The van der Waals surface area contributed by atoms with Crippen LogP contribution in [0.15, 0.2) is 0 Å². The van der Waals surface area contributed by atoms with Crippen LogP contribution in [0, 0.1) is 5.92 Å². The van der Waals surface area contributed by atoms with Gasteiger partial charge in [-0.1, -0.05) is 12.8 Å². The monoisotopic (exact) mass is 197 g/mol. The zero-order valence-corrected chi connectivity index (χ0v) is 9.08. The molecule has 1 saturated carbocycles. The van der Waals surface area contributed by atoms with Crippen molar-refractivity contribution in [3.63, 3.8) is 0 Å². The van der Waals surface area contributed by atoms with Crippen molar-refractivity contribution in [2.24, 2.45) is 11.7 Å². The van der Waals surface area contributed by atoms with Crippen molar-refractivity contribution in [1.82, 2.24) is 0 Å². The molecule has 1 heterocycles. The molecule has 82 valence electrons. The third-order valence-electron chi connectivity index (χ3n) is 3.74. The zero-order chi connectivity index (χ0) is 9.80. The van der Waals surface area contributed by atoms with Gasteiger partial charge in [0, 0.05) is 12.6 Å². The SMILES string of the molecule is NC1CCC(CCCC2CCCO2)C1. The first-order chi connectivity index (χ1) is 6.84. The fourth-order valence-corrected chi connectivity index (χ4v) is 2.88. The maximum atomic E-state index is 5.89. The molecule has 2 N–H and O–H groups in total. The number of nitrogens with two attached hydrogens (primary N) is 1. The van der Waals surface area contributed by atoms with Crippen LogP contribution in [0.2, 0.25) is 0 Å². The Kier molecular flexibility index (Phi) is 3.82. The average Bonchev–Trinajstić information content (AvgIpc) is 2.77. The Morgan fingerprint density at radius 1 is 1.14 bits per heavy atom. The van der Waals surface area contributed by atoms with E-state index < -0.39 is 0 Å². The molecule has 2 rings (SSSR count). The van der Waals surface area contributed by atoms with E-state index in [1.807, 2.05) is 0 Å². The molecule has 3 unspecified atom stereocenters. The maximum absolute atomic E-state index is 5.89. The molecule has 0 aromatic heterocycles. The molecule has 2 fully saturated rings. The predicted octanol–water partition coefficient (Wildman–Crippen LogP) is 2.46. The molecule has 1 aliphatic heterocycles. The molecule has 0 spiro atoms. The van der Waals surface area contributed by atoms with E-state index in [2.05, 4.69) is 0 Å². The minimum Gasteiger partial charge on any atom is -0.378 e. The van der Waals surface area contributed by atoms with Gasteiger partial charge in [0.25, 0.3) is 0 Å². The van der Waals surface area contributed by atoms with E-state index >= 15 is 0 Å². The van der Waals surface area contributed by atoms with Crippen LogP contribution in [0.3, 0.4) is 0 Å². The normalized spacial score (nSPS) is 37.9. The molecule has 3 atom stereocenters. The van der Waals surface area contributed by atoms with E-state index in [9.17, 15) is 0 Å². The summed E-state index contributed by atoms with van der Waals surface area (Å²) in [4.78, 5) is 0. The van der Waals surface area contributed by atoms with Gasteiger partial charge in [0.05, 0.1) is 6.10 Å². The van der Waals surface area contributed by atoms with Crippen molar-refractivity contribution in [2.45, 2.75) is 63.5 Å². The van der Waals surface area contributed by atoms with Gasteiger partial charge >= 0.3 is 0 Å². The van der Waals surface area contributed by atoms with E-state index in [-0.39, 0.29) is 0 Å². The van der Waals surface area contributed by atoms with E-state index in [4.69, 9.17) is 10.5 Å². The summed E-state index contributed by atoms with van der Waals surface area (Å²) in [5.74, 6) is 0.923. The van der Waals surface area contributed by atoms with Crippen molar-refractivity contribution in [3.05, 3.63) is 0 Å². The van der Waals surface area contributed by atoms with Gasteiger partial charge in [-0.3, -0.25) is 0 Å². The molecular weight excluding hydrogens is 174 g/mol. The predicted molar refractivity (Wildman–Crippen MR) is 58.1 cm³/mol. The fourth-order valence-electron chi connectivity index (χ4n) is 2.88. The fraction of sp³-hybridized carbons (Fsp3) is 1.00. The van der Waals surface area contributed by atoms with Crippen LogP contribution >= 0.6 is 0 Å². The van der Waals surface area contributed by atoms with Crippen LogP contribution in [0.5, 0.6) is 0 Å². The molecule has 0 bridgehead atoms. The molecule has 1 aliphatic carbocycles. The molecule has 0 aromatic rings. The van der Waals surface area contributed by atoms with Crippen LogP contribution < -0.4 is 5.73 Å². The molecule has 14 heavy (non-hydrogen) atoms. The molecule has 1 saturated heterocycles. The van der Waals surface area contributed by atoms with Gasteiger partial charge in [0.2, 0.25) is 0 Å². The number of ether oxygens (including phenoxy) is 1. The lowest BCUT2D eigenvalue weighted by Gasteiger charge is -2.12. The highest BCUT2D eigenvalue weighted by atomic mass is 16.5. The van der Waals surface area contributed by atoms with Gasteiger partial charge in [-0.05, 0) is 44.4 Å². The Balaban J connectivity index is 1.54. The van der Waals surface area contributed by atoms with Gasteiger partial charge in [0.1, 0.15) is 0 Å². The lowest BCUT2D eigenvalue weighted by Crippen LogP contribution is -2.14. The Morgan fingerprint density at radius 3 is 2.71 bits per heavy atom. The second-order valence-corrected chi connectivity index (χ2v) is 5.01. The smallest absolute Gasteiger partial charge is 0.0576 e. The summed E-state index contributed by atoms with van der Waals surface area (Å²) in [6, 6.07) is 0.503. The minimum atomic E-state index is 0.503. The third kappa shape index (κ3) is 2.96. The summed E-state index contributed by atoms with van der Waals surface area (Å²) in [7, 11) is 0. The molecule has 2 nitrogen and oxygen atoms in total. The van der Waals surface area contributed by atoms with Gasteiger partial charge in [-0.25, -0.2) is 0 Å². The van der Waals surface area contributed by atoms with Crippen molar-refractivity contribution in [1.29, 1.82) is 0 Å². The number of hydrogen-bond acceptors (Lipinski definition) is 2. The van der Waals surface area contributed by atoms with Gasteiger partial charge in [-0.2, -0.15) is 0 Å². The summed E-state index contributed by atoms with van der Waals surface area (Å²) < 4.78 is 5.61. The van der Waals surface area contributed by atoms with E-state index in [1.54, 1.807) is 0 Å². The second-order valence-electron chi connectivity index (χ2n) is 5.01. The standard InChI is InChI=1S/C12H23NO/c13-11-7-6-10(9-11)3-1-4-12-5-2-8-14-12/h10-12H,1-9,13H2. The molecular formula is C12H23NO. The first-order valence-corrected chi connectivity index (χ1v) is 6.22. The van der Waals surface area contributed by atoms with Crippen LogP contribution in [-0.4, -0.2) is 18.8 Å².